The van der Waals surface area contributed by atoms with Gasteiger partial charge in [-0.15, -0.1) is 0 Å². The summed E-state index contributed by atoms with van der Waals surface area (Å²) in [6.07, 6.45) is 1.75. The van der Waals surface area contributed by atoms with Crippen LogP contribution in [0.25, 0.3) is 0 Å². The molecule has 0 saturated heterocycles. The molecule has 1 heterocycles. The number of anilines is 1. The normalized spacial score (nSPS) is 10.6. The third-order valence-electron chi connectivity index (χ3n) is 2.47. The van der Waals surface area contributed by atoms with Crippen molar-refractivity contribution in [1.82, 2.24) is 4.98 Å². The van der Waals surface area contributed by atoms with Crippen LogP contribution in [-0.2, 0) is 11.3 Å². The highest BCUT2D eigenvalue weighted by atomic mass is 79.9. The number of pyridine rings is 1. The van der Waals surface area contributed by atoms with E-state index in [1.54, 1.807) is 6.20 Å². The van der Waals surface area contributed by atoms with E-state index in [-0.39, 0.29) is 6.61 Å². The molecule has 96 valence electrons. The summed E-state index contributed by atoms with van der Waals surface area (Å²) in [7, 11) is 0. The summed E-state index contributed by atoms with van der Waals surface area (Å²) in [5.41, 5.74) is 0.831. The maximum absolute atomic E-state index is 9.34. The Balaban J connectivity index is 2.79. The highest BCUT2D eigenvalue weighted by molar-refractivity contribution is 9.10. The van der Waals surface area contributed by atoms with Crippen LogP contribution in [0.3, 0.4) is 0 Å². The molecule has 0 spiro atoms. The molecule has 0 saturated carbocycles. The van der Waals surface area contributed by atoms with Gasteiger partial charge in [0.25, 0.3) is 0 Å². The Hall–Kier alpha value is -0.650. The van der Waals surface area contributed by atoms with Crippen molar-refractivity contribution in [1.29, 1.82) is 0 Å². The van der Waals surface area contributed by atoms with Gasteiger partial charge >= 0.3 is 0 Å². The van der Waals surface area contributed by atoms with Crippen molar-refractivity contribution >= 4 is 21.7 Å². The third kappa shape index (κ3) is 4.26. The molecule has 0 bridgehead atoms. The maximum Gasteiger partial charge on any atom is 0.134 e. The summed E-state index contributed by atoms with van der Waals surface area (Å²) in [6.45, 7) is 7.06. The largest absolute Gasteiger partial charge is 0.392 e. The van der Waals surface area contributed by atoms with E-state index >= 15 is 0 Å². The fourth-order valence-electron chi connectivity index (χ4n) is 1.61. The molecular formula is C12H19BrN2O2. The molecule has 1 N–H and O–H groups in total. The first-order valence-corrected chi connectivity index (χ1v) is 6.60. The average molecular weight is 303 g/mol. The number of aliphatic hydroxyl groups is 1. The van der Waals surface area contributed by atoms with Crippen LogP contribution in [0.4, 0.5) is 5.82 Å². The zero-order valence-corrected chi connectivity index (χ0v) is 11.9. The molecule has 0 aliphatic carbocycles. The van der Waals surface area contributed by atoms with Crippen LogP contribution >= 0.6 is 15.9 Å². The van der Waals surface area contributed by atoms with E-state index in [0.29, 0.717) is 6.61 Å². The lowest BCUT2D eigenvalue weighted by Crippen LogP contribution is -2.29. The van der Waals surface area contributed by atoms with Gasteiger partial charge < -0.3 is 14.7 Å². The van der Waals surface area contributed by atoms with E-state index in [2.05, 4.69) is 32.7 Å². The average Bonchev–Trinajstić information content (AvgIpc) is 2.35. The Labute approximate surface area is 111 Å². The van der Waals surface area contributed by atoms with Gasteiger partial charge in [0.2, 0.25) is 0 Å². The lowest BCUT2D eigenvalue weighted by Gasteiger charge is -2.23. The maximum atomic E-state index is 9.34. The van der Waals surface area contributed by atoms with Crippen LogP contribution in [0, 0.1) is 0 Å². The first-order chi connectivity index (χ1) is 8.22. The number of ether oxygens (including phenoxy) is 1. The van der Waals surface area contributed by atoms with E-state index in [1.807, 2.05) is 13.0 Å². The number of aliphatic hydroxyl groups excluding tert-OH is 1. The van der Waals surface area contributed by atoms with E-state index in [4.69, 9.17) is 4.74 Å². The van der Waals surface area contributed by atoms with Gasteiger partial charge in [-0.05, 0) is 35.8 Å². The smallest absolute Gasteiger partial charge is 0.134 e. The molecule has 0 atom stereocenters. The number of aromatic nitrogens is 1. The van der Waals surface area contributed by atoms with E-state index in [9.17, 15) is 5.11 Å². The minimum absolute atomic E-state index is 0.00704. The molecule has 0 aromatic carbocycles. The van der Waals surface area contributed by atoms with Gasteiger partial charge in [0.1, 0.15) is 5.82 Å². The van der Waals surface area contributed by atoms with Gasteiger partial charge in [-0.2, -0.15) is 0 Å². The lowest BCUT2D eigenvalue weighted by molar-refractivity contribution is 0.154. The van der Waals surface area contributed by atoms with Crippen molar-refractivity contribution in [2.45, 2.75) is 20.5 Å². The molecular weight excluding hydrogens is 284 g/mol. The van der Waals surface area contributed by atoms with Crippen molar-refractivity contribution in [3.8, 4) is 0 Å². The second kappa shape index (κ2) is 7.63. The van der Waals surface area contributed by atoms with Crippen LogP contribution in [0.5, 0.6) is 0 Å². The van der Waals surface area contributed by atoms with Gasteiger partial charge in [-0.3, -0.25) is 0 Å². The number of rotatable bonds is 7. The van der Waals surface area contributed by atoms with Crippen LogP contribution in [0.1, 0.15) is 19.4 Å². The number of halogens is 1. The number of likely N-dealkylation sites (N-methyl/N-ethyl adjacent to an activating group) is 1. The zero-order valence-electron chi connectivity index (χ0n) is 10.3. The first kappa shape index (κ1) is 14.4. The molecule has 4 nitrogen and oxygen atoms in total. The molecule has 5 heteroatoms. The van der Waals surface area contributed by atoms with Gasteiger partial charge in [0.15, 0.2) is 0 Å². The molecule has 1 aromatic rings. The monoisotopic (exact) mass is 302 g/mol. The molecule has 0 aliphatic rings. The second-order valence-electron chi connectivity index (χ2n) is 3.57. The molecule has 1 aromatic heterocycles. The third-order valence-corrected chi connectivity index (χ3v) is 2.90. The molecule has 0 amide bonds. The first-order valence-electron chi connectivity index (χ1n) is 5.80. The number of nitrogens with zero attached hydrogens (tertiary/aromatic N) is 2. The van der Waals surface area contributed by atoms with Crippen molar-refractivity contribution < 1.29 is 9.84 Å². The number of hydrogen-bond donors (Lipinski definition) is 1. The van der Waals surface area contributed by atoms with E-state index in [0.717, 1.165) is 35.6 Å². The molecule has 0 fully saturated rings. The molecule has 1 rings (SSSR count). The fourth-order valence-corrected chi connectivity index (χ4v) is 1.99. The quantitative estimate of drug-likeness (QED) is 0.784. The Kier molecular flexibility index (Phi) is 6.47. The van der Waals surface area contributed by atoms with Crippen molar-refractivity contribution in [2.24, 2.45) is 0 Å². The molecule has 0 aliphatic heterocycles. The Bertz CT molecular complexity index is 347. The predicted octanol–water partition coefficient (Wildman–Crippen LogP) is 2.20. The Morgan fingerprint density at radius 3 is 2.82 bits per heavy atom. The van der Waals surface area contributed by atoms with Crippen LogP contribution in [0.15, 0.2) is 16.7 Å². The summed E-state index contributed by atoms with van der Waals surface area (Å²) in [4.78, 5) is 6.47. The lowest BCUT2D eigenvalue weighted by atomic mass is 10.2. The van der Waals surface area contributed by atoms with Crippen molar-refractivity contribution in [2.75, 3.05) is 31.2 Å². The van der Waals surface area contributed by atoms with E-state index < -0.39 is 0 Å². The second-order valence-corrected chi connectivity index (χ2v) is 4.49. The van der Waals surface area contributed by atoms with Gasteiger partial charge in [-0.1, -0.05) is 0 Å². The summed E-state index contributed by atoms with van der Waals surface area (Å²) < 4.78 is 6.22. The van der Waals surface area contributed by atoms with Crippen molar-refractivity contribution in [3.63, 3.8) is 0 Å². The van der Waals surface area contributed by atoms with Crippen molar-refractivity contribution in [3.05, 3.63) is 22.3 Å². The molecule has 0 radical (unpaired) electrons. The van der Waals surface area contributed by atoms with Crippen LogP contribution < -0.4 is 4.90 Å². The fraction of sp³-hybridized carbons (Fsp3) is 0.583. The van der Waals surface area contributed by atoms with Gasteiger partial charge in [0, 0.05) is 35.9 Å². The topological polar surface area (TPSA) is 45.6 Å². The number of hydrogen-bond acceptors (Lipinski definition) is 4. The highest BCUT2D eigenvalue weighted by Gasteiger charge is 2.11. The van der Waals surface area contributed by atoms with Crippen LogP contribution in [0.2, 0.25) is 0 Å². The standard InChI is InChI=1S/C12H19BrN2O2/c1-3-15(5-6-17-4-2)12-10(9-16)7-11(13)8-14-12/h7-8,16H,3-6,9H2,1-2H3. The van der Waals surface area contributed by atoms with E-state index in [1.165, 1.54) is 0 Å². The summed E-state index contributed by atoms with van der Waals surface area (Å²) in [6, 6.07) is 1.89. The SMILES string of the molecule is CCOCCN(CC)c1ncc(Br)cc1CO. The van der Waals surface area contributed by atoms with Gasteiger partial charge in [0.05, 0.1) is 13.2 Å². The predicted molar refractivity (Wildman–Crippen MR) is 72.2 cm³/mol. The minimum atomic E-state index is -0.00704. The summed E-state index contributed by atoms with van der Waals surface area (Å²) in [5, 5.41) is 9.34. The zero-order chi connectivity index (χ0) is 12.7. The van der Waals surface area contributed by atoms with Crippen LogP contribution in [-0.4, -0.2) is 36.4 Å². The minimum Gasteiger partial charge on any atom is -0.392 e. The molecule has 0 unspecified atom stereocenters. The highest BCUT2D eigenvalue weighted by Crippen LogP contribution is 2.21. The Morgan fingerprint density at radius 1 is 1.47 bits per heavy atom. The summed E-state index contributed by atoms with van der Waals surface area (Å²) >= 11 is 3.36. The van der Waals surface area contributed by atoms with Gasteiger partial charge in [-0.25, -0.2) is 4.98 Å². The Morgan fingerprint density at radius 2 is 2.24 bits per heavy atom. The molecule has 17 heavy (non-hydrogen) atoms. The summed E-state index contributed by atoms with van der Waals surface area (Å²) in [5.74, 6) is 0.831.